The van der Waals surface area contributed by atoms with Crippen molar-refractivity contribution in [3.05, 3.63) is 31.8 Å². The standard InChI is InChI=1S/C12H13Br3INO/c1-2-12(6-13,7-14)17-11(18)9-5-8(16)3-4-10(9)15/h3-5H,2,6-7H2,1H3,(H,17,18). The maximum atomic E-state index is 12.3. The van der Waals surface area contributed by atoms with E-state index in [4.69, 9.17) is 0 Å². The van der Waals surface area contributed by atoms with Gasteiger partial charge in [-0.05, 0) is 63.1 Å². The lowest BCUT2D eigenvalue weighted by molar-refractivity contribution is 0.0914. The van der Waals surface area contributed by atoms with Crippen LogP contribution in [0.2, 0.25) is 0 Å². The van der Waals surface area contributed by atoms with E-state index in [1.165, 1.54) is 0 Å². The van der Waals surface area contributed by atoms with Crippen molar-refractivity contribution in [1.82, 2.24) is 5.32 Å². The van der Waals surface area contributed by atoms with E-state index in [9.17, 15) is 4.79 Å². The van der Waals surface area contributed by atoms with E-state index >= 15 is 0 Å². The molecule has 0 unspecified atom stereocenters. The van der Waals surface area contributed by atoms with E-state index in [1.807, 2.05) is 18.2 Å². The van der Waals surface area contributed by atoms with Gasteiger partial charge < -0.3 is 5.32 Å². The maximum absolute atomic E-state index is 12.3. The van der Waals surface area contributed by atoms with Crippen LogP contribution in [0.15, 0.2) is 22.7 Å². The molecular weight excluding hydrogens is 541 g/mol. The number of carbonyl (C=O) groups excluding carboxylic acids is 1. The van der Waals surface area contributed by atoms with E-state index in [1.54, 1.807) is 0 Å². The number of benzene rings is 1. The fourth-order valence-electron chi connectivity index (χ4n) is 1.36. The van der Waals surface area contributed by atoms with Gasteiger partial charge in [-0.15, -0.1) is 0 Å². The molecule has 6 heteroatoms. The summed E-state index contributed by atoms with van der Waals surface area (Å²) in [5.41, 5.74) is 0.416. The molecule has 18 heavy (non-hydrogen) atoms. The van der Waals surface area contributed by atoms with Gasteiger partial charge >= 0.3 is 0 Å². The molecule has 0 bridgehead atoms. The maximum Gasteiger partial charge on any atom is 0.252 e. The van der Waals surface area contributed by atoms with Crippen LogP contribution in [0.25, 0.3) is 0 Å². The lowest BCUT2D eigenvalue weighted by atomic mass is 10.0. The largest absolute Gasteiger partial charge is 0.345 e. The molecule has 1 aromatic carbocycles. The van der Waals surface area contributed by atoms with E-state index in [2.05, 4.69) is 82.6 Å². The van der Waals surface area contributed by atoms with Crippen molar-refractivity contribution in [1.29, 1.82) is 0 Å². The van der Waals surface area contributed by atoms with Crippen LogP contribution in [-0.4, -0.2) is 22.1 Å². The molecule has 1 N–H and O–H groups in total. The van der Waals surface area contributed by atoms with Crippen molar-refractivity contribution < 1.29 is 4.79 Å². The van der Waals surface area contributed by atoms with Gasteiger partial charge in [0.2, 0.25) is 0 Å². The normalized spacial score (nSPS) is 11.4. The number of amides is 1. The first-order valence-electron chi connectivity index (χ1n) is 5.37. The molecule has 0 radical (unpaired) electrons. The van der Waals surface area contributed by atoms with Gasteiger partial charge in [0.05, 0.1) is 11.1 Å². The first-order chi connectivity index (χ1) is 8.48. The van der Waals surface area contributed by atoms with Crippen molar-refractivity contribution in [3.8, 4) is 0 Å². The molecule has 0 atom stereocenters. The zero-order chi connectivity index (χ0) is 13.8. The molecule has 0 aromatic heterocycles. The fourth-order valence-corrected chi connectivity index (χ4v) is 4.28. The van der Waals surface area contributed by atoms with Crippen LogP contribution in [0.1, 0.15) is 23.7 Å². The van der Waals surface area contributed by atoms with E-state index in [0.717, 1.165) is 25.1 Å². The third-order valence-electron chi connectivity index (χ3n) is 2.74. The van der Waals surface area contributed by atoms with Crippen LogP contribution in [0, 0.1) is 3.57 Å². The minimum Gasteiger partial charge on any atom is -0.345 e. The topological polar surface area (TPSA) is 29.1 Å². The van der Waals surface area contributed by atoms with Gasteiger partial charge in [0.25, 0.3) is 5.91 Å². The van der Waals surface area contributed by atoms with Crippen molar-refractivity contribution in [3.63, 3.8) is 0 Å². The molecule has 0 aliphatic carbocycles. The molecule has 1 rings (SSSR count). The van der Waals surface area contributed by atoms with Crippen LogP contribution in [0.5, 0.6) is 0 Å². The van der Waals surface area contributed by atoms with Crippen LogP contribution >= 0.6 is 70.4 Å². The summed E-state index contributed by atoms with van der Waals surface area (Å²) >= 11 is 12.6. The Bertz CT molecular complexity index is 427. The van der Waals surface area contributed by atoms with Crippen LogP contribution in [0.4, 0.5) is 0 Å². The summed E-state index contributed by atoms with van der Waals surface area (Å²) in [7, 11) is 0. The second-order valence-electron chi connectivity index (χ2n) is 3.98. The monoisotopic (exact) mass is 551 g/mol. The zero-order valence-corrected chi connectivity index (χ0v) is 16.7. The lowest BCUT2D eigenvalue weighted by Gasteiger charge is -2.30. The van der Waals surface area contributed by atoms with Crippen molar-refractivity contribution >= 4 is 76.3 Å². The smallest absolute Gasteiger partial charge is 0.252 e. The number of rotatable bonds is 5. The molecule has 0 aliphatic rings. The highest BCUT2D eigenvalue weighted by Gasteiger charge is 2.28. The minimum absolute atomic E-state index is 0.0545. The average Bonchev–Trinajstić information content (AvgIpc) is 2.38. The summed E-state index contributed by atoms with van der Waals surface area (Å²) < 4.78 is 1.86. The van der Waals surface area contributed by atoms with Gasteiger partial charge in [-0.3, -0.25) is 4.79 Å². The highest BCUT2D eigenvalue weighted by Crippen LogP contribution is 2.22. The second kappa shape index (κ2) is 7.59. The molecule has 0 spiro atoms. The number of nitrogens with one attached hydrogen (secondary N) is 1. The van der Waals surface area contributed by atoms with Crippen molar-refractivity contribution in [2.75, 3.05) is 10.7 Å². The molecule has 0 aliphatic heterocycles. The van der Waals surface area contributed by atoms with Gasteiger partial charge in [-0.2, -0.15) is 0 Å². The second-order valence-corrected chi connectivity index (χ2v) is 7.20. The summed E-state index contributed by atoms with van der Waals surface area (Å²) in [6.07, 6.45) is 0.858. The van der Waals surface area contributed by atoms with Gasteiger partial charge in [0.1, 0.15) is 0 Å². The first kappa shape index (κ1) is 16.9. The quantitative estimate of drug-likeness (QED) is 0.415. The number of hydrogen-bond donors (Lipinski definition) is 1. The van der Waals surface area contributed by atoms with Crippen LogP contribution < -0.4 is 5.32 Å². The first-order valence-corrected chi connectivity index (χ1v) is 9.49. The molecule has 1 amide bonds. The predicted molar refractivity (Wildman–Crippen MR) is 94.9 cm³/mol. The SMILES string of the molecule is CCC(CBr)(CBr)NC(=O)c1cc(I)ccc1Br. The Morgan fingerprint density at radius 1 is 1.39 bits per heavy atom. The third-order valence-corrected chi connectivity index (χ3v) is 6.25. The summed E-state index contributed by atoms with van der Waals surface area (Å²) in [6.45, 7) is 2.06. The van der Waals surface area contributed by atoms with Crippen molar-refractivity contribution in [2.45, 2.75) is 18.9 Å². The molecular formula is C12H13Br3INO. The number of alkyl halides is 2. The summed E-state index contributed by atoms with van der Waals surface area (Å²) in [5.74, 6) is -0.0545. The Kier molecular flexibility index (Phi) is 7.13. The van der Waals surface area contributed by atoms with E-state index in [0.29, 0.717) is 5.56 Å². The van der Waals surface area contributed by atoms with Gasteiger partial charge in [-0.1, -0.05) is 38.8 Å². The fraction of sp³-hybridized carbons (Fsp3) is 0.417. The highest BCUT2D eigenvalue weighted by molar-refractivity contribution is 14.1. The lowest BCUT2D eigenvalue weighted by Crippen LogP contribution is -2.51. The third kappa shape index (κ3) is 4.18. The summed E-state index contributed by atoms with van der Waals surface area (Å²) in [4.78, 5) is 12.3. The Morgan fingerprint density at radius 2 is 2.00 bits per heavy atom. The molecule has 100 valence electrons. The molecule has 1 aromatic rings. The molecule has 0 fully saturated rings. The van der Waals surface area contributed by atoms with Gasteiger partial charge in [0.15, 0.2) is 0 Å². The summed E-state index contributed by atoms with van der Waals surface area (Å²) in [5, 5.41) is 4.53. The molecule has 0 saturated heterocycles. The number of carbonyl (C=O) groups is 1. The Balaban J connectivity index is 2.97. The Hall–Kier alpha value is 0.860. The molecule has 2 nitrogen and oxygen atoms in total. The zero-order valence-electron chi connectivity index (χ0n) is 9.77. The highest BCUT2D eigenvalue weighted by atomic mass is 127. The number of halogens is 4. The Labute approximate surface area is 146 Å². The predicted octanol–water partition coefficient (Wildman–Crippen LogP) is 4.72. The number of hydrogen-bond acceptors (Lipinski definition) is 1. The summed E-state index contributed by atoms with van der Waals surface area (Å²) in [6, 6.07) is 5.74. The van der Waals surface area contributed by atoms with Crippen LogP contribution in [0.3, 0.4) is 0 Å². The van der Waals surface area contributed by atoms with Gasteiger partial charge in [-0.25, -0.2) is 0 Å². The average molecular weight is 554 g/mol. The minimum atomic E-state index is -0.252. The van der Waals surface area contributed by atoms with E-state index < -0.39 is 0 Å². The van der Waals surface area contributed by atoms with Crippen LogP contribution in [-0.2, 0) is 0 Å². The van der Waals surface area contributed by atoms with E-state index in [-0.39, 0.29) is 11.4 Å². The van der Waals surface area contributed by atoms with Gasteiger partial charge in [0, 0.05) is 18.7 Å². The molecule has 0 heterocycles. The molecule has 0 saturated carbocycles. The Morgan fingerprint density at radius 3 is 2.50 bits per heavy atom. The van der Waals surface area contributed by atoms with Crippen molar-refractivity contribution in [2.24, 2.45) is 0 Å².